The van der Waals surface area contributed by atoms with Crippen LogP contribution in [-0.2, 0) is 32.4 Å². The number of hydrogen-bond acceptors (Lipinski definition) is 2. The van der Waals surface area contributed by atoms with Crippen molar-refractivity contribution in [1.29, 1.82) is 0 Å². The van der Waals surface area contributed by atoms with E-state index in [2.05, 4.69) is 116 Å². The van der Waals surface area contributed by atoms with Gasteiger partial charge < -0.3 is 25.3 Å². The number of para-hydroxylation sites is 2. The molecule has 0 spiro atoms. The van der Waals surface area contributed by atoms with Crippen LogP contribution in [0.1, 0.15) is 107 Å². The molecule has 0 aliphatic carbocycles. The monoisotopic (exact) mass is 805 g/mol. The van der Waals surface area contributed by atoms with Crippen LogP contribution in [0.3, 0.4) is 0 Å². The molecule has 5 aromatic rings. The molecule has 0 bridgehead atoms. The van der Waals surface area contributed by atoms with Gasteiger partial charge in [-0.2, -0.15) is 0 Å². The van der Waals surface area contributed by atoms with Gasteiger partial charge in [-0.15, -0.1) is 5.69 Å². The maximum Gasteiger partial charge on any atom is 0.131 e. The predicted molar refractivity (Wildman–Crippen MR) is 205 cm³/mol. The number of pyridine rings is 1. The summed E-state index contributed by atoms with van der Waals surface area (Å²) < 4.78 is 0. The quantitative estimate of drug-likeness (QED) is 0.113. The van der Waals surface area contributed by atoms with Gasteiger partial charge in [0.15, 0.2) is 0 Å². The Bertz CT molecular complexity index is 1730. The van der Waals surface area contributed by atoms with Gasteiger partial charge in [-0.3, -0.25) is 4.98 Å². The predicted octanol–water partition coefficient (Wildman–Crippen LogP) is 13.4. The average molecular weight is 804 g/mol. The number of rotatable bonds is 10. The fourth-order valence-corrected chi connectivity index (χ4v) is 6.01. The van der Waals surface area contributed by atoms with Gasteiger partial charge >= 0.3 is 0 Å². The van der Waals surface area contributed by atoms with E-state index in [0.717, 1.165) is 44.9 Å². The molecule has 0 radical (unpaired) electrons. The summed E-state index contributed by atoms with van der Waals surface area (Å²) in [5.41, 5.74) is 12.6. The number of aromatic hydroxyl groups is 1. The third kappa shape index (κ3) is 8.94. The average Bonchev–Trinajstić information content (AvgIpc) is 3.03. The summed E-state index contributed by atoms with van der Waals surface area (Å²) in [4.78, 5) is 5.09. The number of aromatic nitrogens is 1. The maximum absolute atomic E-state index is 11.8. The molecule has 48 heavy (non-hydrogen) atoms. The maximum atomic E-state index is 11.8. The molecule has 0 unspecified atom stereocenters. The number of benzene rings is 4. The van der Waals surface area contributed by atoms with E-state index in [-0.39, 0.29) is 40.7 Å². The Morgan fingerprint density at radius 3 is 1.62 bits per heavy atom. The van der Waals surface area contributed by atoms with Crippen LogP contribution in [0.25, 0.3) is 38.8 Å². The van der Waals surface area contributed by atoms with E-state index in [1.165, 1.54) is 22.3 Å². The molecule has 1 N–H and O–H groups in total. The van der Waals surface area contributed by atoms with E-state index in [9.17, 15) is 5.11 Å². The van der Waals surface area contributed by atoms with Gasteiger partial charge in [0.1, 0.15) is 5.75 Å². The molecule has 0 amide bonds. The van der Waals surface area contributed by atoms with Crippen LogP contribution >= 0.6 is 0 Å². The Morgan fingerprint density at radius 1 is 0.562 bits per heavy atom. The fraction of sp³-hybridized carbons (Fsp3) is 0.295. The van der Waals surface area contributed by atoms with E-state index in [4.69, 9.17) is 10.3 Å². The molecule has 1 heterocycles. The third-order valence-corrected chi connectivity index (χ3v) is 8.70. The van der Waals surface area contributed by atoms with Crippen molar-refractivity contribution in [1.82, 2.24) is 4.98 Å². The van der Waals surface area contributed by atoms with Gasteiger partial charge in [0.2, 0.25) is 0 Å². The molecule has 0 aliphatic heterocycles. The second-order valence-electron chi connectivity index (χ2n) is 13.4. The largest absolute Gasteiger partial charge is 0.679 e. The molecule has 252 valence electrons. The van der Waals surface area contributed by atoms with Crippen LogP contribution in [0.15, 0.2) is 97.1 Å². The van der Waals surface area contributed by atoms with Crippen molar-refractivity contribution in [2.24, 2.45) is 0 Å². The smallest absolute Gasteiger partial charge is 0.131 e. The van der Waals surface area contributed by atoms with Crippen molar-refractivity contribution >= 4 is 5.69 Å². The molecule has 0 atom stereocenters. The summed E-state index contributed by atoms with van der Waals surface area (Å²) >= 11 is 0. The molecule has 0 aliphatic rings. The Balaban J connectivity index is 0.00000267. The topological polar surface area (TPSA) is 47.2 Å². The van der Waals surface area contributed by atoms with Crippen LogP contribution in [0.4, 0.5) is 5.69 Å². The zero-order valence-corrected chi connectivity index (χ0v) is 34.2. The van der Waals surface area contributed by atoms with Crippen molar-refractivity contribution in [3.63, 3.8) is 0 Å². The first-order valence-electron chi connectivity index (χ1n) is 16.4. The molecule has 3 nitrogen and oxygen atoms in total. The Labute approximate surface area is 310 Å². The number of phenolic OH excluding ortho intramolecular Hbond substituents is 1. The summed E-state index contributed by atoms with van der Waals surface area (Å²) in [5.74, 6) is 1.87. The summed E-state index contributed by atoms with van der Waals surface area (Å²) in [5, 5.41) is 16.9. The number of nitrogens with zero attached hydrogens (tertiary/aromatic N) is 2. The Hall–Kier alpha value is -3.50. The van der Waals surface area contributed by atoms with Gasteiger partial charge in [0.05, 0.1) is 5.69 Å². The minimum atomic E-state index is 0. The third-order valence-electron chi connectivity index (χ3n) is 8.70. The second kappa shape index (κ2) is 17.8. The Morgan fingerprint density at radius 2 is 1.06 bits per heavy atom. The molecule has 1 aromatic heterocycles. The first-order valence-corrected chi connectivity index (χ1v) is 16.4. The summed E-state index contributed by atoms with van der Waals surface area (Å²) in [6.45, 7) is 18.3. The molecule has 4 aromatic carbocycles. The molecule has 4 heteroatoms. The molecule has 0 fully saturated rings. The minimum absolute atomic E-state index is 0. The van der Waals surface area contributed by atoms with Crippen LogP contribution in [0.5, 0.6) is 5.75 Å². The molecule has 5 rings (SSSR count). The summed E-state index contributed by atoms with van der Waals surface area (Å²) in [6, 6.07) is 33.7. The SMILES string of the molecule is CC(C)c1cc(-c2cccc(-c3ccccc3-c3cccc(C[N-]c4c(C(C)C)cccc4C(C)C)n3)c2O)cc(C(C)C)c1.[CH3-].[CH3-].[Hf]. The van der Waals surface area contributed by atoms with E-state index in [0.29, 0.717) is 36.0 Å². The number of hydrogen-bond donors (Lipinski definition) is 1. The van der Waals surface area contributed by atoms with E-state index in [1.807, 2.05) is 36.4 Å². The van der Waals surface area contributed by atoms with Crippen molar-refractivity contribution in [3.8, 4) is 39.3 Å². The number of phenols is 1. The van der Waals surface area contributed by atoms with Crippen molar-refractivity contribution < 1.29 is 30.9 Å². The molecule has 0 saturated carbocycles. The second-order valence-corrected chi connectivity index (χ2v) is 13.4. The van der Waals surface area contributed by atoms with Crippen LogP contribution in [-0.4, -0.2) is 10.1 Å². The first kappa shape index (κ1) is 40.7. The van der Waals surface area contributed by atoms with E-state index < -0.39 is 0 Å². The van der Waals surface area contributed by atoms with Crippen molar-refractivity contribution in [3.05, 3.63) is 145 Å². The van der Waals surface area contributed by atoms with Crippen LogP contribution < -0.4 is 0 Å². The zero-order chi connectivity index (χ0) is 32.2. The van der Waals surface area contributed by atoms with Gasteiger partial charge in [-0.05, 0) is 58.1 Å². The van der Waals surface area contributed by atoms with Gasteiger partial charge in [-0.1, -0.05) is 158 Å². The van der Waals surface area contributed by atoms with E-state index >= 15 is 0 Å². The minimum Gasteiger partial charge on any atom is -0.679 e. The molecule has 0 saturated heterocycles. The summed E-state index contributed by atoms with van der Waals surface area (Å²) in [7, 11) is 0. The standard InChI is InChI=1S/C42H47N2O.2CH3.Hf/c1-26(2)30-22-31(27(3)4)24-32(23-30)36-19-13-20-39(42(36)45)37-15-9-10-16-38(37)40-21-11-14-33(44-40)25-43-41-34(28(5)6)17-12-18-35(41)29(7)8;;;/h9-24,26-29H,25H2,1-8H3,(H,44,45);2*1H3;/q3*-1;. The zero-order valence-electron chi connectivity index (χ0n) is 30.6. The first-order chi connectivity index (χ1) is 21.5. The normalized spacial score (nSPS) is 10.9. The van der Waals surface area contributed by atoms with E-state index in [1.54, 1.807) is 0 Å². The van der Waals surface area contributed by atoms with Crippen molar-refractivity contribution in [2.75, 3.05) is 0 Å². The molecular weight excluding hydrogens is 751 g/mol. The Kier molecular flexibility index (Phi) is 15.1. The summed E-state index contributed by atoms with van der Waals surface area (Å²) in [6.07, 6.45) is 0. The van der Waals surface area contributed by atoms with Crippen LogP contribution in [0.2, 0.25) is 0 Å². The molecular formula is C44H53HfN2O-3. The van der Waals surface area contributed by atoms with Gasteiger partial charge in [0, 0.05) is 48.2 Å². The van der Waals surface area contributed by atoms with Gasteiger partial charge in [0.25, 0.3) is 0 Å². The van der Waals surface area contributed by atoms with Gasteiger partial charge in [-0.25, -0.2) is 0 Å². The van der Waals surface area contributed by atoms with Crippen molar-refractivity contribution in [2.45, 2.75) is 85.6 Å². The van der Waals surface area contributed by atoms with Crippen LogP contribution in [0, 0.1) is 14.9 Å². The fourth-order valence-electron chi connectivity index (χ4n) is 6.01.